The molecule has 1 saturated carbocycles. The molecule has 0 aromatic heterocycles. The van der Waals surface area contributed by atoms with Gasteiger partial charge in [0.25, 0.3) is 0 Å². The third-order valence-electron chi connectivity index (χ3n) is 4.95. The van der Waals surface area contributed by atoms with E-state index < -0.39 is 0 Å². The molecule has 3 nitrogen and oxygen atoms in total. The molecule has 2 rings (SSSR count). The average Bonchev–Trinajstić information content (AvgIpc) is 2.35. The summed E-state index contributed by atoms with van der Waals surface area (Å²) in [7, 11) is 0. The van der Waals surface area contributed by atoms with Gasteiger partial charge in [-0.3, -0.25) is 0 Å². The maximum absolute atomic E-state index is 9.72. The van der Waals surface area contributed by atoms with Crippen LogP contribution in [0.3, 0.4) is 0 Å². The second kappa shape index (κ2) is 5.89. The van der Waals surface area contributed by atoms with Crippen molar-refractivity contribution in [2.24, 2.45) is 11.3 Å². The van der Waals surface area contributed by atoms with Crippen LogP contribution in [-0.2, 0) is 0 Å². The number of hydrogen-bond acceptors (Lipinski definition) is 3. The molecule has 2 aliphatic rings. The van der Waals surface area contributed by atoms with Gasteiger partial charge in [-0.25, -0.2) is 0 Å². The van der Waals surface area contributed by atoms with Crippen molar-refractivity contribution in [3.05, 3.63) is 0 Å². The first-order valence-corrected chi connectivity index (χ1v) is 7.64. The van der Waals surface area contributed by atoms with E-state index in [1.165, 1.54) is 38.9 Å². The molecule has 3 heteroatoms. The molecule has 0 aromatic carbocycles. The van der Waals surface area contributed by atoms with Crippen LogP contribution < -0.4 is 5.32 Å². The quantitative estimate of drug-likeness (QED) is 0.786. The second-order valence-corrected chi connectivity index (χ2v) is 7.00. The summed E-state index contributed by atoms with van der Waals surface area (Å²) >= 11 is 0. The first kappa shape index (κ1) is 14.3. The summed E-state index contributed by atoms with van der Waals surface area (Å²) in [4.78, 5) is 2.61. The highest BCUT2D eigenvalue weighted by Crippen LogP contribution is 2.40. The summed E-state index contributed by atoms with van der Waals surface area (Å²) in [5.74, 6) is 0.705. The molecule has 0 bridgehead atoms. The normalized spacial score (nSPS) is 34.0. The Bertz CT molecular complexity index is 261. The highest BCUT2D eigenvalue weighted by Gasteiger charge is 2.46. The zero-order chi connectivity index (χ0) is 13.2. The van der Waals surface area contributed by atoms with Gasteiger partial charge in [0.05, 0.1) is 6.10 Å². The Balaban J connectivity index is 1.64. The number of piperidine rings is 1. The predicted molar refractivity (Wildman–Crippen MR) is 75.7 cm³/mol. The van der Waals surface area contributed by atoms with Crippen LogP contribution >= 0.6 is 0 Å². The number of rotatable bonds is 5. The van der Waals surface area contributed by atoms with Crippen LogP contribution in [0, 0.1) is 11.3 Å². The minimum atomic E-state index is -0.118. The second-order valence-electron chi connectivity index (χ2n) is 7.00. The van der Waals surface area contributed by atoms with Gasteiger partial charge in [0, 0.05) is 18.0 Å². The van der Waals surface area contributed by atoms with E-state index in [9.17, 15) is 5.11 Å². The fraction of sp³-hybridized carbons (Fsp3) is 1.00. The number of hydrogen-bond donors (Lipinski definition) is 2. The number of aliphatic hydroxyl groups is 1. The minimum Gasteiger partial charge on any atom is -0.392 e. The Kier molecular flexibility index (Phi) is 4.68. The number of nitrogens with zero attached hydrogens (tertiary/aromatic N) is 1. The first-order valence-electron chi connectivity index (χ1n) is 7.64. The van der Waals surface area contributed by atoms with Gasteiger partial charge in [0.1, 0.15) is 0 Å². The highest BCUT2D eigenvalue weighted by atomic mass is 16.3. The Morgan fingerprint density at radius 2 is 1.94 bits per heavy atom. The lowest BCUT2D eigenvalue weighted by atomic mass is 9.64. The van der Waals surface area contributed by atoms with E-state index in [0.29, 0.717) is 12.0 Å². The summed E-state index contributed by atoms with van der Waals surface area (Å²) in [6, 6.07) is 0.497. The topological polar surface area (TPSA) is 35.5 Å². The van der Waals surface area contributed by atoms with Gasteiger partial charge >= 0.3 is 0 Å². The minimum absolute atomic E-state index is 0.0604. The molecule has 1 saturated heterocycles. The molecular formula is C15H30N2O. The van der Waals surface area contributed by atoms with Crippen LogP contribution in [0.25, 0.3) is 0 Å². The standard InChI is InChI=1S/C15H30N2O/c1-12(11-17-7-5-4-6-8-17)10-16-13-9-14(18)15(13,2)3/h12-14,16,18H,4-11H2,1-3H3. The number of likely N-dealkylation sites (tertiary alicyclic amines) is 1. The fourth-order valence-corrected chi connectivity index (χ4v) is 3.24. The molecule has 0 radical (unpaired) electrons. The molecule has 0 spiro atoms. The third-order valence-corrected chi connectivity index (χ3v) is 4.95. The molecule has 2 fully saturated rings. The van der Waals surface area contributed by atoms with Crippen LogP contribution in [0.15, 0.2) is 0 Å². The summed E-state index contributed by atoms with van der Waals surface area (Å²) < 4.78 is 0. The molecule has 0 amide bonds. The van der Waals surface area contributed by atoms with E-state index in [2.05, 4.69) is 31.0 Å². The largest absolute Gasteiger partial charge is 0.392 e. The monoisotopic (exact) mass is 254 g/mol. The summed E-state index contributed by atoms with van der Waals surface area (Å²) in [6.07, 6.45) is 4.97. The average molecular weight is 254 g/mol. The SMILES string of the molecule is CC(CNC1CC(O)C1(C)C)CN1CCCCC1. The Morgan fingerprint density at radius 1 is 1.28 bits per heavy atom. The van der Waals surface area contributed by atoms with Gasteiger partial charge in [-0.05, 0) is 44.8 Å². The van der Waals surface area contributed by atoms with E-state index in [1.54, 1.807) is 0 Å². The highest BCUT2D eigenvalue weighted by molar-refractivity contribution is 5.01. The van der Waals surface area contributed by atoms with E-state index in [-0.39, 0.29) is 11.5 Å². The van der Waals surface area contributed by atoms with E-state index in [4.69, 9.17) is 0 Å². The lowest BCUT2D eigenvalue weighted by molar-refractivity contribution is -0.0733. The van der Waals surface area contributed by atoms with Crippen molar-refractivity contribution in [1.82, 2.24) is 10.2 Å². The molecule has 1 aliphatic carbocycles. The predicted octanol–water partition coefficient (Wildman–Crippen LogP) is 1.86. The first-order chi connectivity index (χ1) is 8.50. The lowest BCUT2D eigenvalue weighted by Crippen LogP contribution is -2.60. The molecular weight excluding hydrogens is 224 g/mol. The van der Waals surface area contributed by atoms with Crippen molar-refractivity contribution in [1.29, 1.82) is 0 Å². The summed E-state index contributed by atoms with van der Waals surface area (Å²) in [5, 5.41) is 13.4. The molecule has 1 heterocycles. The van der Waals surface area contributed by atoms with Gasteiger partial charge in [-0.1, -0.05) is 27.2 Å². The van der Waals surface area contributed by atoms with Crippen LogP contribution in [-0.4, -0.2) is 48.3 Å². The molecule has 18 heavy (non-hydrogen) atoms. The van der Waals surface area contributed by atoms with Crippen molar-refractivity contribution in [2.45, 2.75) is 58.6 Å². The van der Waals surface area contributed by atoms with Crippen LogP contribution in [0.1, 0.15) is 46.5 Å². The zero-order valence-electron chi connectivity index (χ0n) is 12.3. The van der Waals surface area contributed by atoms with Crippen LogP contribution in [0.5, 0.6) is 0 Å². The summed E-state index contributed by atoms with van der Waals surface area (Å²) in [5.41, 5.74) is 0.0604. The van der Waals surface area contributed by atoms with Crippen LogP contribution in [0.2, 0.25) is 0 Å². The van der Waals surface area contributed by atoms with Gasteiger partial charge in [0.2, 0.25) is 0 Å². The van der Waals surface area contributed by atoms with Gasteiger partial charge < -0.3 is 15.3 Å². The molecule has 106 valence electrons. The van der Waals surface area contributed by atoms with E-state index in [1.807, 2.05) is 0 Å². The smallest absolute Gasteiger partial charge is 0.0621 e. The van der Waals surface area contributed by atoms with Gasteiger partial charge in [-0.15, -0.1) is 0 Å². The molecule has 3 unspecified atom stereocenters. The zero-order valence-corrected chi connectivity index (χ0v) is 12.3. The maximum Gasteiger partial charge on any atom is 0.0621 e. The fourth-order valence-electron chi connectivity index (χ4n) is 3.24. The third kappa shape index (κ3) is 3.25. The molecule has 1 aliphatic heterocycles. The van der Waals surface area contributed by atoms with Crippen molar-refractivity contribution < 1.29 is 5.11 Å². The molecule has 0 aromatic rings. The summed E-state index contributed by atoms with van der Waals surface area (Å²) in [6.45, 7) is 11.5. The van der Waals surface area contributed by atoms with Crippen molar-refractivity contribution in [2.75, 3.05) is 26.2 Å². The van der Waals surface area contributed by atoms with Gasteiger partial charge in [-0.2, -0.15) is 0 Å². The number of aliphatic hydroxyl groups excluding tert-OH is 1. The lowest BCUT2D eigenvalue weighted by Gasteiger charge is -2.50. The Hall–Kier alpha value is -0.120. The van der Waals surface area contributed by atoms with Crippen molar-refractivity contribution in [3.63, 3.8) is 0 Å². The van der Waals surface area contributed by atoms with Crippen molar-refractivity contribution in [3.8, 4) is 0 Å². The Labute approximate surface area is 112 Å². The Morgan fingerprint density at radius 3 is 2.50 bits per heavy atom. The van der Waals surface area contributed by atoms with Crippen LogP contribution in [0.4, 0.5) is 0 Å². The molecule has 2 N–H and O–H groups in total. The molecule has 3 atom stereocenters. The maximum atomic E-state index is 9.72. The van der Waals surface area contributed by atoms with Gasteiger partial charge in [0.15, 0.2) is 0 Å². The van der Waals surface area contributed by atoms with E-state index in [0.717, 1.165) is 13.0 Å². The van der Waals surface area contributed by atoms with E-state index >= 15 is 0 Å². The van der Waals surface area contributed by atoms with Crippen molar-refractivity contribution >= 4 is 0 Å². The number of nitrogens with one attached hydrogen (secondary N) is 1.